The lowest BCUT2D eigenvalue weighted by Crippen LogP contribution is -1.91. The summed E-state index contributed by atoms with van der Waals surface area (Å²) < 4.78 is 52.3. The van der Waals surface area contributed by atoms with Gasteiger partial charge in [0.15, 0.2) is 0 Å². The molecule has 0 fully saturated rings. The molecule has 0 heterocycles. The maximum absolute atomic E-state index is 13.3. The van der Waals surface area contributed by atoms with E-state index in [2.05, 4.69) is 0 Å². The third-order valence-corrected chi connectivity index (χ3v) is 2.08. The van der Waals surface area contributed by atoms with Crippen LogP contribution in [0.15, 0.2) is 30.3 Å². The van der Waals surface area contributed by atoms with Gasteiger partial charge in [-0.15, -0.1) is 0 Å². The molecule has 0 unspecified atom stereocenters. The van der Waals surface area contributed by atoms with Crippen LogP contribution < -0.4 is 0 Å². The first-order valence-electron chi connectivity index (χ1n) is 4.40. The Kier molecular flexibility index (Phi) is 2.64. The lowest BCUT2D eigenvalue weighted by molar-refractivity contribution is 0.589. The molecule has 0 aliphatic carbocycles. The second-order valence-corrected chi connectivity index (χ2v) is 3.17. The van der Waals surface area contributed by atoms with Crippen molar-refractivity contribution >= 4 is 0 Å². The van der Waals surface area contributed by atoms with E-state index >= 15 is 0 Å². The zero-order valence-corrected chi connectivity index (χ0v) is 7.90. The summed E-state index contributed by atoms with van der Waals surface area (Å²) in [7, 11) is 0. The van der Waals surface area contributed by atoms with Crippen molar-refractivity contribution in [3.8, 4) is 11.1 Å². The highest BCUT2D eigenvalue weighted by atomic mass is 19.1. The van der Waals surface area contributed by atoms with Gasteiger partial charge < -0.3 is 0 Å². The van der Waals surface area contributed by atoms with Gasteiger partial charge in [0, 0.05) is 17.2 Å². The highest BCUT2D eigenvalue weighted by Crippen LogP contribution is 2.26. The van der Waals surface area contributed by atoms with Crippen molar-refractivity contribution in [1.82, 2.24) is 0 Å². The smallest absolute Gasteiger partial charge is 0.131 e. The van der Waals surface area contributed by atoms with Gasteiger partial charge in [-0.05, 0) is 30.3 Å². The van der Waals surface area contributed by atoms with Crippen molar-refractivity contribution < 1.29 is 17.6 Å². The molecule has 2 rings (SSSR count). The predicted octanol–water partition coefficient (Wildman–Crippen LogP) is 3.71. The maximum Gasteiger partial charge on any atom is 0.131 e. The molecule has 81 valence electrons. The number of benzene rings is 2. The van der Waals surface area contributed by atoms with Crippen LogP contribution in [-0.4, -0.2) is 0 Å². The van der Waals surface area contributed by atoms with Crippen molar-refractivity contribution in [2.45, 2.75) is 0 Å². The average Bonchev–Trinajstić information content (AvgIpc) is 2.25. The first-order chi connectivity index (χ1) is 7.58. The summed E-state index contributed by atoms with van der Waals surface area (Å²) in [5.74, 6) is -3.22. The molecule has 4 heteroatoms. The van der Waals surface area contributed by atoms with Gasteiger partial charge in [-0.25, -0.2) is 17.6 Å². The summed E-state index contributed by atoms with van der Waals surface area (Å²) >= 11 is 0. The standard InChI is InChI=1S/C12H5F4/c13-7-1-3-11(15)9(5-7)10-6-8(14)2-4-12(10)16/h1,3-6H. The summed E-state index contributed by atoms with van der Waals surface area (Å²) in [6, 6.07) is 6.08. The van der Waals surface area contributed by atoms with Crippen LogP contribution in [0.5, 0.6) is 0 Å². The first-order valence-corrected chi connectivity index (χ1v) is 4.40. The van der Waals surface area contributed by atoms with E-state index in [1.807, 2.05) is 6.07 Å². The highest BCUT2D eigenvalue weighted by molar-refractivity contribution is 5.64. The fraction of sp³-hybridized carbons (Fsp3) is 0. The predicted molar refractivity (Wildman–Crippen MR) is 50.5 cm³/mol. The Morgan fingerprint density at radius 3 is 2.25 bits per heavy atom. The molecule has 0 saturated carbocycles. The highest BCUT2D eigenvalue weighted by Gasteiger charge is 2.12. The molecule has 0 bridgehead atoms. The minimum Gasteiger partial charge on any atom is -0.207 e. The van der Waals surface area contributed by atoms with Crippen LogP contribution in [0.25, 0.3) is 11.1 Å². The van der Waals surface area contributed by atoms with Crippen LogP contribution in [0.4, 0.5) is 17.6 Å². The molecule has 0 atom stereocenters. The van der Waals surface area contributed by atoms with Gasteiger partial charge in [-0.3, -0.25) is 0 Å². The first kappa shape index (κ1) is 10.7. The molecule has 16 heavy (non-hydrogen) atoms. The molecule has 2 aromatic rings. The summed E-state index contributed by atoms with van der Waals surface area (Å²) in [5.41, 5.74) is -0.640. The van der Waals surface area contributed by atoms with Gasteiger partial charge in [-0.1, -0.05) is 0 Å². The number of halogens is 4. The van der Waals surface area contributed by atoms with Crippen LogP contribution in [-0.2, 0) is 0 Å². The zero-order chi connectivity index (χ0) is 11.7. The molecule has 0 nitrogen and oxygen atoms in total. The van der Waals surface area contributed by atoms with E-state index in [0.29, 0.717) is 0 Å². The second kappa shape index (κ2) is 3.96. The van der Waals surface area contributed by atoms with Crippen molar-refractivity contribution in [3.63, 3.8) is 0 Å². The summed E-state index contributed by atoms with van der Waals surface area (Å²) in [4.78, 5) is 0. The fourth-order valence-electron chi connectivity index (χ4n) is 1.36. The Morgan fingerprint density at radius 2 is 1.50 bits per heavy atom. The van der Waals surface area contributed by atoms with Gasteiger partial charge in [0.1, 0.15) is 23.3 Å². The van der Waals surface area contributed by atoms with Crippen LogP contribution in [0.3, 0.4) is 0 Å². The molecular weight excluding hydrogens is 220 g/mol. The number of hydrogen-bond acceptors (Lipinski definition) is 0. The topological polar surface area (TPSA) is 0 Å². The normalized spacial score (nSPS) is 10.5. The van der Waals surface area contributed by atoms with Gasteiger partial charge in [-0.2, -0.15) is 0 Å². The minimum atomic E-state index is -0.856. The van der Waals surface area contributed by atoms with Gasteiger partial charge in [0.05, 0.1) is 0 Å². The molecule has 0 aliphatic heterocycles. The van der Waals surface area contributed by atoms with E-state index in [4.69, 9.17) is 0 Å². The molecule has 0 N–H and O–H groups in total. The maximum atomic E-state index is 13.3. The average molecular weight is 225 g/mol. The van der Waals surface area contributed by atoms with Crippen LogP contribution in [0.2, 0.25) is 0 Å². The number of rotatable bonds is 1. The van der Waals surface area contributed by atoms with Crippen LogP contribution in [0.1, 0.15) is 0 Å². The molecule has 0 saturated heterocycles. The Morgan fingerprint density at radius 1 is 0.812 bits per heavy atom. The van der Waals surface area contributed by atoms with E-state index in [0.717, 1.165) is 30.3 Å². The van der Waals surface area contributed by atoms with Crippen molar-refractivity contribution in [1.29, 1.82) is 0 Å². The zero-order valence-electron chi connectivity index (χ0n) is 7.90. The Balaban J connectivity index is 2.66. The van der Waals surface area contributed by atoms with E-state index in [1.54, 1.807) is 0 Å². The van der Waals surface area contributed by atoms with E-state index in [9.17, 15) is 17.6 Å². The van der Waals surface area contributed by atoms with Gasteiger partial charge >= 0.3 is 0 Å². The molecular formula is C12H5F4. The van der Waals surface area contributed by atoms with Crippen molar-refractivity contribution in [2.24, 2.45) is 0 Å². The fourth-order valence-corrected chi connectivity index (χ4v) is 1.36. The molecule has 0 aliphatic rings. The Hall–Kier alpha value is -1.84. The Labute approximate surface area is 89.2 Å². The summed E-state index contributed by atoms with van der Waals surface area (Å²) in [5, 5.41) is 0. The van der Waals surface area contributed by atoms with Crippen LogP contribution >= 0.6 is 0 Å². The lowest BCUT2D eigenvalue weighted by Gasteiger charge is -2.05. The quantitative estimate of drug-likeness (QED) is 0.649. The SMILES string of the molecule is Fc1[c]cc(F)c(-c2cc(F)ccc2F)c1. The van der Waals surface area contributed by atoms with Gasteiger partial charge in [0.2, 0.25) is 0 Å². The number of hydrogen-bond donors (Lipinski definition) is 0. The largest absolute Gasteiger partial charge is 0.207 e. The molecule has 2 aromatic carbocycles. The minimum absolute atomic E-state index is 0.314. The summed E-state index contributed by atoms with van der Waals surface area (Å²) in [6.07, 6.45) is 0. The third-order valence-electron chi connectivity index (χ3n) is 2.08. The monoisotopic (exact) mass is 225 g/mol. The molecule has 1 radical (unpaired) electrons. The van der Waals surface area contributed by atoms with Crippen molar-refractivity contribution in [3.05, 3.63) is 59.7 Å². The second-order valence-electron chi connectivity index (χ2n) is 3.17. The molecule has 0 aromatic heterocycles. The summed E-state index contributed by atoms with van der Waals surface area (Å²) in [6.45, 7) is 0. The van der Waals surface area contributed by atoms with E-state index in [1.165, 1.54) is 0 Å². The lowest BCUT2D eigenvalue weighted by atomic mass is 10.0. The molecule has 0 spiro atoms. The molecule has 0 amide bonds. The van der Waals surface area contributed by atoms with Crippen LogP contribution in [0, 0.1) is 29.3 Å². The third kappa shape index (κ3) is 1.91. The van der Waals surface area contributed by atoms with E-state index in [-0.39, 0.29) is 11.1 Å². The van der Waals surface area contributed by atoms with E-state index < -0.39 is 23.3 Å². The van der Waals surface area contributed by atoms with Crippen molar-refractivity contribution in [2.75, 3.05) is 0 Å². The van der Waals surface area contributed by atoms with Gasteiger partial charge in [0.25, 0.3) is 0 Å². The Bertz CT molecular complexity index is 485.